The van der Waals surface area contributed by atoms with Crippen LogP contribution in [-0.2, 0) is 11.2 Å². The maximum Gasteiger partial charge on any atom is 0.258 e. The van der Waals surface area contributed by atoms with Crippen LogP contribution in [0.15, 0.2) is 48.5 Å². The molecule has 0 saturated carbocycles. The average molecular weight is 322 g/mol. The zero-order valence-electron chi connectivity index (χ0n) is 13.9. The number of rotatable bonds is 4. The number of fused-ring (bicyclic) bond motifs is 1. The molecule has 24 heavy (non-hydrogen) atoms. The molecule has 0 radical (unpaired) electrons. The second-order valence-corrected chi connectivity index (χ2v) is 6.07. The Bertz CT molecular complexity index is 741. The molecule has 4 heteroatoms. The maximum atomic E-state index is 12.8. The van der Waals surface area contributed by atoms with Gasteiger partial charge >= 0.3 is 0 Å². The summed E-state index contributed by atoms with van der Waals surface area (Å²) in [4.78, 5) is 26.5. The van der Waals surface area contributed by atoms with Gasteiger partial charge in [0.05, 0.1) is 0 Å². The van der Waals surface area contributed by atoms with Crippen molar-refractivity contribution in [1.82, 2.24) is 0 Å². The maximum absolute atomic E-state index is 12.8. The van der Waals surface area contributed by atoms with Gasteiger partial charge in [0.25, 0.3) is 5.91 Å². The average Bonchev–Trinajstić information content (AvgIpc) is 2.61. The van der Waals surface area contributed by atoms with Crippen LogP contribution in [0.25, 0.3) is 0 Å². The highest BCUT2D eigenvalue weighted by atomic mass is 16.2. The molecule has 1 N–H and O–H groups in total. The van der Waals surface area contributed by atoms with Crippen LogP contribution >= 0.6 is 0 Å². The molecule has 124 valence electrons. The van der Waals surface area contributed by atoms with E-state index in [4.69, 9.17) is 0 Å². The monoisotopic (exact) mass is 322 g/mol. The Morgan fingerprint density at radius 1 is 1.12 bits per heavy atom. The Hall–Kier alpha value is -2.62. The molecule has 2 aromatic carbocycles. The summed E-state index contributed by atoms with van der Waals surface area (Å²) in [5.41, 5.74) is 3.49. The van der Waals surface area contributed by atoms with Gasteiger partial charge in [-0.15, -0.1) is 0 Å². The van der Waals surface area contributed by atoms with E-state index in [0.717, 1.165) is 36.2 Å². The van der Waals surface area contributed by atoms with Crippen LogP contribution in [0.5, 0.6) is 0 Å². The fraction of sp³-hybridized carbons (Fsp3) is 0.300. The van der Waals surface area contributed by atoms with Crippen molar-refractivity contribution >= 4 is 23.2 Å². The zero-order valence-corrected chi connectivity index (χ0v) is 13.9. The molecule has 0 unspecified atom stereocenters. The Kier molecular flexibility index (Phi) is 4.94. The number of benzene rings is 2. The summed E-state index contributed by atoms with van der Waals surface area (Å²) in [5.74, 6) is 0.0165. The number of carbonyl (C=O) groups excluding carboxylic acids is 2. The van der Waals surface area contributed by atoms with E-state index in [0.29, 0.717) is 18.5 Å². The second-order valence-electron chi connectivity index (χ2n) is 6.07. The topological polar surface area (TPSA) is 49.4 Å². The molecule has 0 fully saturated rings. The normalized spacial score (nSPS) is 13.3. The highest BCUT2D eigenvalue weighted by molar-refractivity contribution is 6.07. The third kappa shape index (κ3) is 3.48. The molecule has 0 saturated heterocycles. The molecule has 0 aliphatic carbocycles. The van der Waals surface area contributed by atoms with Crippen LogP contribution in [0.1, 0.15) is 42.1 Å². The lowest BCUT2D eigenvalue weighted by Gasteiger charge is -2.30. The van der Waals surface area contributed by atoms with E-state index < -0.39 is 0 Å². The molecule has 0 spiro atoms. The van der Waals surface area contributed by atoms with Crippen LogP contribution in [0.4, 0.5) is 11.4 Å². The van der Waals surface area contributed by atoms with Gasteiger partial charge in [0.1, 0.15) is 0 Å². The van der Waals surface area contributed by atoms with Gasteiger partial charge in [-0.1, -0.05) is 31.2 Å². The van der Waals surface area contributed by atoms with Crippen LogP contribution in [-0.4, -0.2) is 18.4 Å². The van der Waals surface area contributed by atoms with Crippen molar-refractivity contribution in [2.45, 2.75) is 32.6 Å². The zero-order chi connectivity index (χ0) is 16.9. The van der Waals surface area contributed by atoms with E-state index in [-0.39, 0.29) is 11.8 Å². The fourth-order valence-corrected chi connectivity index (χ4v) is 3.05. The summed E-state index contributed by atoms with van der Waals surface area (Å²) in [6.45, 7) is 2.68. The highest BCUT2D eigenvalue weighted by Gasteiger charge is 2.24. The Morgan fingerprint density at radius 3 is 2.67 bits per heavy atom. The van der Waals surface area contributed by atoms with Gasteiger partial charge in [0.2, 0.25) is 5.91 Å². The quantitative estimate of drug-likeness (QED) is 0.924. The van der Waals surface area contributed by atoms with Crippen molar-refractivity contribution in [3.63, 3.8) is 0 Å². The summed E-state index contributed by atoms with van der Waals surface area (Å²) in [5, 5.41) is 2.92. The minimum Gasteiger partial charge on any atom is -0.326 e. The van der Waals surface area contributed by atoms with Crippen molar-refractivity contribution < 1.29 is 9.59 Å². The minimum absolute atomic E-state index is 0.00795. The predicted molar refractivity (Wildman–Crippen MR) is 96.4 cm³/mol. The van der Waals surface area contributed by atoms with Crippen LogP contribution < -0.4 is 10.2 Å². The van der Waals surface area contributed by atoms with E-state index in [1.165, 1.54) is 0 Å². The predicted octanol–water partition coefficient (Wildman–Crippen LogP) is 4.02. The van der Waals surface area contributed by atoms with Gasteiger partial charge in [0, 0.05) is 29.9 Å². The Labute approximate surface area is 142 Å². The summed E-state index contributed by atoms with van der Waals surface area (Å²) >= 11 is 0. The van der Waals surface area contributed by atoms with E-state index in [2.05, 4.69) is 5.32 Å². The van der Waals surface area contributed by atoms with Crippen molar-refractivity contribution in [2.24, 2.45) is 0 Å². The van der Waals surface area contributed by atoms with Crippen LogP contribution in [0.2, 0.25) is 0 Å². The molecule has 0 bridgehead atoms. The molecular weight excluding hydrogens is 300 g/mol. The van der Waals surface area contributed by atoms with E-state index in [9.17, 15) is 9.59 Å². The summed E-state index contributed by atoms with van der Waals surface area (Å²) in [6.07, 6.45) is 3.23. The molecule has 3 rings (SSSR count). The van der Waals surface area contributed by atoms with Gasteiger partial charge in [-0.25, -0.2) is 0 Å². The molecular formula is C20H22N2O2. The number of aryl methyl sites for hydroxylation is 1. The molecule has 0 atom stereocenters. The van der Waals surface area contributed by atoms with E-state index in [1.54, 1.807) is 0 Å². The molecule has 1 aliphatic heterocycles. The molecule has 4 nitrogen and oxygen atoms in total. The highest BCUT2D eigenvalue weighted by Crippen LogP contribution is 2.31. The van der Waals surface area contributed by atoms with Crippen LogP contribution in [0, 0.1) is 0 Å². The Morgan fingerprint density at radius 2 is 1.92 bits per heavy atom. The van der Waals surface area contributed by atoms with Crippen molar-refractivity contribution in [1.29, 1.82) is 0 Å². The van der Waals surface area contributed by atoms with Crippen molar-refractivity contribution in [2.75, 3.05) is 16.8 Å². The smallest absolute Gasteiger partial charge is 0.258 e. The summed E-state index contributed by atoms with van der Waals surface area (Å²) in [7, 11) is 0. The van der Waals surface area contributed by atoms with Gasteiger partial charge in [-0.2, -0.15) is 0 Å². The molecule has 0 aromatic heterocycles. The minimum atomic E-state index is 0.00795. The first kappa shape index (κ1) is 16.2. The van der Waals surface area contributed by atoms with Gasteiger partial charge in [-0.05, 0) is 49.1 Å². The third-order valence-corrected chi connectivity index (χ3v) is 4.23. The SMILES string of the molecule is CCCC(=O)Nc1ccc2c(c1)N(C(=O)c1ccccc1)CCC2. The molecule has 2 amide bonds. The van der Waals surface area contributed by atoms with Crippen LogP contribution in [0.3, 0.4) is 0 Å². The van der Waals surface area contributed by atoms with E-state index >= 15 is 0 Å². The van der Waals surface area contributed by atoms with Gasteiger partial charge in [-0.3, -0.25) is 9.59 Å². The van der Waals surface area contributed by atoms with Crippen molar-refractivity contribution in [3.8, 4) is 0 Å². The van der Waals surface area contributed by atoms with Gasteiger partial charge in [0.15, 0.2) is 0 Å². The number of nitrogens with zero attached hydrogens (tertiary/aromatic N) is 1. The van der Waals surface area contributed by atoms with E-state index in [1.807, 2.05) is 60.4 Å². The summed E-state index contributed by atoms with van der Waals surface area (Å²) < 4.78 is 0. The number of nitrogens with one attached hydrogen (secondary N) is 1. The van der Waals surface area contributed by atoms with Crippen molar-refractivity contribution in [3.05, 3.63) is 59.7 Å². The number of hydrogen-bond acceptors (Lipinski definition) is 2. The first-order valence-electron chi connectivity index (χ1n) is 8.48. The fourth-order valence-electron chi connectivity index (χ4n) is 3.05. The third-order valence-electron chi connectivity index (χ3n) is 4.23. The summed E-state index contributed by atoms with van der Waals surface area (Å²) in [6, 6.07) is 15.2. The number of anilines is 2. The number of carbonyl (C=O) groups is 2. The lowest BCUT2D eigenvalue weighted by Crippen LogP contribution is -2.35. The Balaban J connectivity index is 1.88. The molecule has 1 aliphatic rings. The lowest BCUT2D eigenvalue weighted by molar-refractivity contribution is -0.116. The largest absolute Gasteiger partial charge is 0.326 e. The molecule has 1 heterocycles. The second kappa shape index (κ2) is 7.30. The first-order chi connectivity index (χ1) is 11.7. The first-order valence-corrected chi connectivity index (χ1v) is 8.48. The van der Waals surface area contributed by atoms with Gasteiger partial charge < -0.3 is 10.2 Å². The molecule has 2 aromatic rings. The standard InChI is InChI=1S/C20H22N2O2/c1-2-7-19(23)21-17-12-11-15-10-6-13-22(18(15)14-17)20(24)16-8-4-3-5-9-16/h3-5,8-9,11-12,14H,2,6-7,10,13H2,1H3,(H,21,23). The number of hydrogen-bond donors (Lipinski definition) is 1. The lowest BCUT2D eigenvalue weighted by atomic mass is 10.00. The number of amides is 2.